The predicted molar refractivity (Wildman–Crippen MR) is 162 cm³/mol. The fourth-order valence-corrected chi connectivity index (χ4v) is 8.08. The van der Waals surface area contributed by atoms with E-state index in [1.165, 1.54) is 29.6 Å². The second kappa shape index (κ2) is 8.09. The number of thiophene rings is 2. The Hall–Kier alpha value is -3.83. The lowest BCUT2D eigenvalue weighted by Gasteiger charge is -2.25. The summed E-state index contributed by atoms with van der Waals surface area (Å²) in [6.07, 6.45) is 0. The summed E-state index contributed by atoms with van der Waals surface area (Å²) in [5, 5.41) is 6.86. The Balaban J connectivity index is 1.35. The van der Waals surface area contributed by atoms with E-state index in [0.29, 0.717) is 0 Å². The number of benzene rings is 5. The number of nitrogens with zero attached hydrogens (tertiary/aromatic N) is 1. The molecule has 8 rings (SSSR count). The number of rotatable bonds is 3. The number of halogens is 1. The summed E-state index contributed by atoms with van der Waals surface area (Å²) in [6.45, 7) is 0. The minimum atomic E-state index is 0.778. The van der Waals surface area contributed by atoms with E-state index < -0.39 is 0 Å². The topological polar surface area (TPSA) is 16.4 Å². The maximum Gasteiger partial charge on any atom is 0.135 e. The van der Waals surface area contributed by atoms with Gasteiger partial charge in [0.05, 0.1) is 4.01 Å². The maximum absolute atomic E-state index is 6.36. The third-order valence-electron chi connectivity index (χ3n) is 6.95. The first-order chi connectivity index (χ1) is 18.2. The van der Waals surface area contributed by atoms with Crippen LogP contribution < -0.4 is 4.90 Å². The van der Waals surface area contributed by atoms with E-state index in [4.69, 9.17) is 16.0 Å². The molecule has 0 bridgehead atoms. The summed E-state index contributed by atoms with van der Waals surface area (Å²) in [7, 11) is 0. The molecule has 0 unspecified atom stereocenters. The zero-order chi connectivity index (χ0) is 24.5. The highest BCUT2D eigenvalue weighted by molar-refractivity contribution is 7.44. The van der Waals surface area contributed by atoms with Crippen molar-refractivity contribution in [1.82, 2.24) is 0 Å². The van der Waals surface area contributed by atoms with Crippen LogP contribution in [0.2, 0.25) is 5.02 Å². The number of furan rings is 1. The molecule has 0 radical (unpaired) electrons. The number of anilines is 3. The molecule has 0 amide bonds. The Morgan fingerprint density at radius 3 is 2.22 bits per heavy atom. The third kappa shape index (κ3) is 3.30. The first-order valence-corrected chi connectivity index (χ1v) is 14.0. The van der Waals surface area contributed by atoms with Crippen molar-refractivity contribution in [2.75, 3.05) is 4.90 Å². The third-order valence-corrected chi connectivity index (χ3v) is 9.59. The minimum absolute atomic E-state index is 0.778. The zero-order valence-electron chi connectivity index (χ0n) is 19.4. The van der Waals surface area contributed by atoms with Crippen LogP contribution in [0.3, 0.4) is 0 Å². The molecule has 8 aromatic rings. The van der Waals surface area contributed by atoms with Gasteiger partial charge in [-0.15, -0.1) is 22.7 Å². The molecule has 0 spiro atoms. The summed E-state index contributed by atoms with van der Waals surface area (Å²) < 4.78 is 9.99. The van der Waals surface area contributed by atoms with Crippen molar-refractivity contribution in [2.45, 2.75) is 0 Å². The Kier molecular flexibility index (Phi) is 4.65. The molecule has 0 saturated heterocycles. The van der Waals surface area contributed by atoms with E-state index in [1.807, 2.05) is 40.9 Å². The molecule has 0 atom stereocenters. The largest absolute Gasteiger partial charge is 0.456 e. The Labute approximate surface area is 225 Å². The smallest absolute Gasteiger partial charge is 0.135 e. The van der Waals surface area contributed by atoms with Gasteiger partial charge in [0.2, 0.25) is 0 Å². The van der Waals surface area contributed by atoms with Crippen LogP contribution >= 0.6 is 34.3 Å². The standard InChI is InChI=1S/C32H18ClNOS2/c33-19-10-15-29-26(16-19)31-24-13-11-22(18-30(24)37-32(31)36-29)34(20-6-2-1-3-7-20)21-12-14-28-25(17-21)23-8-4-5-9-27(23)35-28/h1-18H. The monoisotopic (exact) mass is 531 g/mol. The van der Waals surface area contributed by atoms with E-state index in [-0.39, 0.29) is 0 Å². The van der Waals surface area contributed by atoms with E-state index >= 15 is 0 Å². The molecule has 3 aromatic heterocycles. The Morgan fingerprint density at radius 1 is 0.541 bits per heavy atom. The Morgan fingerprint density at radius 2 is 1.30 bits per heavy atom. The second-order valence-corrected chi connectivity index (χ2v) is 11.9. The van der Waals surface area contributed by atoms with Gasteiger partial charge in [-0.2, -0.15) is 0 Å². The molecule has 0 aliphatic heterocycles. The van der Waals surface area contributed by atoms with Crippen LogP contribution in [0, 0.1) is 0 Å². The van der Waals surface area contributed by atoms with E-state index in [1.54, 1.807) is 0 Å². The minimum Gasteiger partial charge on any atom is -0.456 e. The van der Waals surface area contributed by atoms with Gasteiger partial charge < -0.3 is 9.32 Å². The fourth-order valence-electron chi connectivity index (χ4n) is 5.29. The molecule has 0 N–H and O–H groups in total. The van der Waals surface area contributed by atoms with E-state index in [0.717, 1.165) is 44.0 Å². The summed E-state index contributed by atoms with van der Waals surface area (Å²) in [6, 6.07) is 38.2. The molecule has 0 saturated carbocycles. The van der Waals surface area contributed by atoms with Crippen molar-refractivity contribution in [3.05, 3.63) is 114 Å². The molecule has 37 heavy (non-hydrogen) atoms. The molecule has 0 aliphatic carbocycles. The first-order valence-electron chi connectivity index (χ1n) is 12.0. The molecule has 0 aliphatic rings. The molecule has 5 aromatic carbocycles. The van der Waals surface area contributed by atoms with Gasteiger partial charge in [-0.05, 0) is 66.7 Å². The van der Waals surface area contributed by atoms with Crippen molar-refractivity contribution >= 4 is 103 Å². The molecule has 5 heteroatoms. The molecular weight excluding hydrogens is 514 g/mol. The number of para-hydroxylation sites is 2. The highest BCUT2D eigenvalue weighted by atomic mass is 35.5. The van der Waals surface area contributed by atoms with Crippen LogP contribution in [0.1, 0.15) is 0 Å². The number of hydrogen-bond donors (Lipinski definition) is 0. The van der Waals surface area contributed by atoms with Gasteiger partial charge in [-0.25, -0.2) is 0 Å². The van der Waals surface area contributed by atoms with E-state index in [9.17, 15) is 0 Å². The number of hydrogen-bond acceptors (Lipinski definition) is 4. The van der Waals surface area contributed by atoms with Gasteiger partial charge in [0.1, 0.15) is 11.2 Å². The van der Waals surface area contributed by atoms with Gasteiger partial charge in [0.15, 0.2) is 0 Å². The van der Waals surface area contributed by atoms with Crippen LogP contribution in [0.25, 0.3) is 51.5 Å². The summed E-state index contributed by atoms with van der Waals surface area (Å²) in [5.74, 6) is 0. The van der Waals surface area contributed by atoms with Crippen molar-refractivity contribution in [3.8, 4) is 0 Å². The van der Waals surface area contributed by atoms with Crippen LogP contribution in [-0.2, 0) is 0 Å². The van der Waals surface area contributed by atoms with Crippen LogP contribution in [-0.4, -0.2) is 0 Å². The van der Waals surface area contributed by atoms with Crippen molar-refractivity contribution in [2.24, 2.45) is 0 Å². The zero-order valence-corrected chi connectivity index (χ0v) is 21.8. The van der Waals surface area contributed by atoms with Crippen molar-refractivity contribution < 1.29 is 4.42 Å². The average molecular weight is 532 g/mol. The van der Waals surface area contributed by atoms with Crippen molar-refractivity contribution in [3.63, 3.8) is 0 Å². The molecule has 2 nitrogen and oxygen atoms in total. The lowest BCUT2D eigenvalue weighted by atomic mass is 10.1. The van der Waals surface area contributed by atoms with E-state index in [2.05, 4.69) is 95.9 Å². The highest BCUT2D eigenvalue weighted by Crippen LogP contribution is 2.47. The van der Waals surface area contributed by atoms with Gasteiger partial charge in [-0.1, -0.05) is 54.1 Å². The maximum atomic E-state index is 6.36. The normalized spacial score (nSPS) is 11.9. The average Bonchev–Trinajstić information content (AvgIpc) is 3.58. The quantitative estimate of drug-likeness (QED) is 0.225. The number of fused-ring (bicyclic) bond motifs is 8. The van der Waals surface area contributed by atoms with Crippen LogP contribution in [0.15, 0.2) is 114 Å². The molecule has 3 heterocycles. The van der Waals surface area contributed by atoms with Gasteiger partial charge >= 0.3 is 0 Å². The van der Waals surface area contributed by atoms with Gasteiger partial charge in [0, 0.05) is 58.4 Å². The van der Waals surface area contributed by atoms with Crippen LogP contribution in [0.4, 0.5) is 17.1 Å². The summed E-state index contributed by atoms with van der Waals surface area (Å²) in [4.78, 5) is 2.32. The SMILES string of the molecule is Clc1ccc2sc3sc4cc(N(c5ccccc5)c5ccc6oc7ccccc7c6c5)ccc4c3c2c1. The lowest BCUT2D eigenvalue weighted by molar-refractivity contribution is 0.669. The first kappa shape index (κ1) is 21.3. The fraction of sp³-hybridized carbons (Fsp3) is 0. The second-order valence-electron chi connectivity index (χ2n) is 9.14. The Bertz CT molecular complexity index is 2120. The van der Waals surface area contributed by atoms with Gasteiger partial charge in [0.25, 0.3) is 0 Å². The summed E-state index contributed by atoms with van der Waals surface area (Å²) >= 11 is 10.1. The highest BCUT2D eigenvalue weighted by Gasteiger charge is 2.18. The summed E-state index contributed by atoms with van der Waals surface area (Å²) in [5.41, 5.74) is 5.15. The lowest BCUT2D eigenvalue weighted by Crippen LogP contribution is -2.09. The molecule has 176 valence electrons. The predicted octanol–water partition coefficient (Wildman–Crippen LogP) is 11.3. The van der Waals surface area contributed by atoms with Crippen molar-refractivity contribution in [1.29, 1.82) is 0 Å². The molecule has 0 fully saturated rings. The van der Waals surface area contributed by atoms with Gasteiger partial charge in [-0.3, -0.25) is 0 Å². The van der Waals surface area contributed by atoms with Crippen LogP contribution in [0.5, 0.6) is 0 Å². The molecular formula is C32H18ClNOS2.